The van der Waals surface area contributed by atoms with Gasteiger partial charge in [-0.1, -0.05) is 29.8 Å². The number of nitrogens with zero attached hydrogens (tertiary/aromatic N) is 4. The van der Waals surface area contributed by atoms with Crippen LogP contribution >= 0.6 is 11.3 Å². The highest BCUT2D eigenvalue weighted by atomic mass is 32.1. The molecule has 3 aromatic heterocycles. The Morgan fingerprint density at radius 1 is 1.07 bits per heavy atom. The minimum absolute atomic E-state index is 0.0958. The summed E-state index contributed by atoms with van der Waals surface area (Å²) < 4.78 is 2.37. The van der Waals surface area contributed by atoms with E-state index in [4.69, 9.17) is 0 Å². The van der Waals surface area contributed by atoms with Gasteiger partial charge in [-0.25, -0.2) is 14.8 Å². The van der Waals surface area contributed by atoms with Gasteiger partial charge >= 0.3 is 5.69 Å². The second-order valence-corrected chi connectivity index (χ2v) is 7.40. The van der Waals surface area contributed by atoms with Crippen molar-refractivity contribution in [3.8, 4) is 0 Å². The molecule has 8 nitrogen and oxygen atoms in total. The van der Waals surface area contributed by atoms with Crippen molar-refractivity contribution in [2.24, 2.45) is 0 Å². The number of aromatic nitrogens is 4. The van der Waals surface area contributed by atoms with Crippen LogP contribution in [0.1, 0.15) is 11.1 Å². The van der Waals surface area contributed by atoms with Gasteiger partial charge in [-0.15, -0.1) is 11.3 Å². The zero-order valence-corrected chi connectivity index (χ0v) is 16.3. The number of hydrogen-bond donors (Lipinski definition) is 1. The molecule has 1 N–H and O–H groups in total. The maximum Gasteiger partial charge on any atom is 0.332 e. The van der Waals surface area contributed by atoms with Crippen LogP contribution in [0.4, 0.5) is 5.13 Å². The zero-order chi connectivity index (χ0) is 20.4. The van der Waals surface area contributed by atoms with Gasteiger partial charge in [-0.05, 0) is 24.6 Å². The molecule has 0 fully saturated rings. The van der Waals surface area contributed by atoms with Crippen molar-refractivity contribution >= 4 is 33.4 Å². The first-order valence-electron chi connectivity index (χ1n) is 8.86. The molecule has 0 spiro atoms. The number of carbonyl (C=O) groups excluding carboxylic acids is 1. The van der Waals surface area contributed by atoms with Crippen molar-refractivity contribution in [3.63, 3.8) is 0 Å². The van der Waals surface area contributed by atoms with Gasteiger partial charge in [0.2, 0.25) is 5.91 Å². The highest BCUT2D eigenvalue weighted by Crippen LogP contribution is 2.11. The molecule has 0 aliphatic carbocycles. The smallest absolute Gasteiger partial charge is 0.300 e. The van der Waals surface area contributed by atoms with Gasteiger partial charge in [0.25, 0.3) is 5.56 Å². The maximum absolute atomic E-state index is 13.1. The summed E-state index contributed by atoms with van der Waals surface area (Å²) in [5.74, 6) is -0.410. The van der Waals surface area contributed by atoms with Crippen LogP contribution in [0.25, 0.3) is 11.0 Å². The summed E-state index contributed by atoms with van der Waals surface area (Å²) in [7, 11) is 0. The van der Waals surface area contributed by atoms with Crippen molar-refractivity contribution < 1.29 is 4.79 Å². The van der Waals surface area contributed by atoms with Gasteiger partial charge in [0.15, 0.2) is 10.6 Å². The predicted octanol–water partition coefficient (Wildman–Crippen LogP) is 2.01. The fraction of sp³-hybridized carbons (Fsp3) is 0.150. The Hall–Kier alpha value is -3.59. The van der Waals surface area contributed by atoms with Crippen molar-refractivity contribution in [1.82, 2.24) is 19.1 Å². The fourth-order valence-corrected chi connectivity index (χ4v) is 3.54. The van der Waals surface area contributed by atoms with E-state index < -0.39 is 17.2 Å². The standard InChI is InChI=1S/C20H17N5O3S/c1-13-4-6-14(7-5-13)11-25-18(27)17-15(3-2-8-21-17)24(20(25)28)12-16(26)23-19-22-9-10-29-19/h2-10H,11-12H2,1H3,(H,22,23,26). The van der Waals surface area contributed by atoms with E-state index in [1.54, 1.807) is 23.7 Å². The normalized spacial score (nSPS) is 10.9. The molecule has 1 aromatic carbocycles. The van der Waals surface area contributed by atoms with Gasteiger partial charge in [0.1, 0.15) is 6.54 Å². The Bertz CT molecular complexity index is 1290. The first-order chi connectivity index (χ1) is 14.0. The minimum atomic E-state index is -0.564. The monoisotopic (exact) mass is 407 g/mol. The number of amides is 1. The first-order valence-corrected chi connectivity index (χ1v) is 9.74. The lowest BCUT2D eigenvalue weighted by Crippen LogP contribution is -2.42. The van der Waals surface area contributed by atoms with Crippen LogP contribution in [0.15, 0.2) is 63.8 Å². The van der Waals surface area contributed by atoms with Crippen molar-refractivity contribution in [3.05, 3.63) is 86.1 Å². The van der Waals surface area contributed by atoms with Crippen molar-refractivity contribution in [2.75, 3.05) is 5.32 Å². The average Bonchev–Trinajstić information content (AvgIpc) is 3.23. The van der Waals surface area contributed by atoms with Crippen molar-refractivity contribution in [1.29, 1.82) is 0 Å². The number of benzene rings is 1. The molecule has 29 heavy (non-hydrogen) atoms. The summed E-state index contributed by atoms with van der Waals surface area (Å²) in [5.41, 5.74) is 1.30. The quantitative estimate of drug-likeness (QED) is 0.546. The number of anilines is 1. The summed E-state index contributed by atoms with van der Waals surface area (Å²) in [6.07, 6.45) is 3.07. The van der Waals surface area contributed by atoms with E-state index in [1.807, 2.05) is 31.2 Å². The molecule has 0 aliphatic rings. The van der Waals surface area contributed by atoms with E-state index in [9.17, 15) is 14.4 Å². The van der Waals surface area contributed by atoms with Crippen LogP contribution in [0, 0.1) is 6.92 Å². The molecule has 0 atom stereocenters. The van der Waals surface area contributed by atoms with E-state index in [0.717, 1.165) is 15.7 Å². The average molecular weight is 407 g/mol. The molecule has 0 saturated carbocycles. The summed E-state index contributed by atoms with van der Waals surface area (Å²) in [4.78, 5) is 46.6. The summed E-state index contributed by atoms with van der Waals surface area (Å²) in [6, 6.07) is 10.8. The van der Waals surface area contributed by atoms with E-state index in [-0.39, 0.29) is 18.6 Å². The molecule has 1 amide bonds. The Morgan fingerprint density at radius 2 is 1.86 bits per heavy atom. The number of aryl methyl sites for hydroxylation is 1. The molecule has 0 radical (unpaired) electrons. The largest absolute Gasteiger partial charge is 0.332 e. The summed E-state index contributed by atoms with van der Waals surface area (Å²) in [5, 5.41) is 4.84. The highest BCUT2D eigenvalue weighted by molar-refractivity contribution is 7.13. The fourth-order valence-electron chi connectivity index (χ4n) is 3.00. The van der Waals surface area contributed by atoms with E-state index in [0.29, 0.717) is 10.6 Å². The summed E-state index contributed by atoms with van der Waals surface area (Å²) >= 11 is 1.28. The molecular weight excluding hydrogens is 390 g/mol. The molecule has 0 unspecified atom stereocenters. The predicted molar refractivity (Wildman–Crippen MR) is 111 cm³/mol. The number of carbonyl (C=O) groups is 1. The molecule has 0 saturated heterocycles. The zero-order valence-electron chi connectivity index (χ0n) is 15.5. The van der Waals surface area contributed by atoms with Crippen molar-refractivity contribution in [2.45, 2.75) is 20.0 Å². The number of nitrogens with one attached hydrogen (secondary N) is 1. The number of pyridine rings is 1. The van der Waals surface area contributed by atoms with Crippen LogP contribution < -0.4 is 16.6 Å². The molecule has 0 bridgehead atoms. The van der Waals surface area contributed by atoms with E-state index >= 15 is 0 Å². The molecule has 4 aromatic rings. The SMILES string of the molecule is Cc1ccc(Cn2c(=O)c3ncccc3n(CC(=O)Nc3nccs3)c2=O)cc1. The lowest BCUT2D eigenvalue weighted by atomic mass is 10.1. The first kappa shape index (κ1) is 18.8. The number of fused-ring (bicyclic) bond motifs is 1. The Labute approximate surface area is 169 Å². The Morgan fingerprint density at radius 3 is 2.59 bits per heavy atom. The van der Waals surface area contributed by atoms with Gasteiger partial charge in [-0.3, -0.25) is 18.7 Å². The lowest BCUT2D eigenvalue weighted by molar-refractivity contribution is -0.116. The van der Waals surface area contributed by atoms with Crippen LogP contribution in [0.5, 0.6) is 0 Å². The molecule has 4 rings (SSSR count). The highest BCUT2D eigenvalue weighted by Gasteiger charge is 2.17. The van der Waals surface area contributed by atoms with Crippen LogP contribution in [0.2, 0.25) is 0 Å². The van der Waals surface area contributed by atoms with Crippen LogP contribution in [0.3, 0.4) is 0 Å². The number of thiazole rings is 1. The minimum Gasteiger partial charge on any atom is -0.300 e. The third-order valence-corrected chi connectivity index (χ3v) is 5.12. The van der Waals surface area contributed by atoms with E-state index in [1.165, 1.54) is 22.1 Å². The molecule has 3 heterocycles. The van der Waals surface area contributed by atoms with Gasteiger partial charge in [0.05, 0.1) is 12.1 Å². The summed E-state index contributed by atoms with van der Waals surface area (Å²) in [6.45, 7) is 1.80. The Balaban J connectivity index is 1.78. The lowest BCUT2D eigenvalue weighted by Gasteiger charge is -2.13. The van der Waals surface area contributed by atoms with Gasteiger partial charge in [0, 0.05) is 17.8 Å². The number of rotatable bonds is 5. The molecule has 146 valence electrons. The third-order valence-electron chi connectivity index (χ3n) is 4.43. The number of hydrogen-bond acceptors (Lipinski definition) is 6. The maximum atomic E-state index is 13.1. The third kappa shape index (κ3) is 3.85. The topological polar surface area (TPSA) is 98.9 Å². The van der Waals surface area contributed by atoms with Crippen LogP contribution in [-0.4, -0.2) is 25.0 Å². The molecule has 0 aliphatic heterocycles. The Kier molecular flexibility index (Phi) is 5.05. The van der Waals surface area contributed by atoms with Crippen LogP contribution in [-0.2, 0) is 17.9 Å². The second-order valence-electron chi connectivity index (χ2n) is 6.50. The van der Waals surface area contributed by atoms with Gasteiger partial charge < -0.3 is 5.32 Å². The van der Waals surface area contributed by atoms with E-state index in [2.05, 4.69) is 15.3 Å². The second kappa shape index (κ2) is 7.80. The molecule has 9 heteroatoms. The van der Waals surface area contributed by atoms with Gasteiger partial charge in [-0.2, -0.15) is 0 Å². The molecular formula is C20H17N5O3S.